The zero-order valence-corrected chi connectivity index (χ0v) is 11.9. The minimum atomic E-state index is 0.466. The van der Waals surface area contributed by atoms with Crippen molar-refractivity contribution in [2.24, 2.45) is 0 Å². The summed E-state index contributed by atoms with van der Waals surface area (Å²) in [5, 5.41) is 1.58. The molecule has 100 valence electrons. The van der Waals surface area contributed by atoms with Crippen LogP contribution in [0.4, 0.5) is 0 Å². The minimum Gasteiger partial charge on any atom is -0.246 e. The van der Waals surface area contributed by atoms with Gasteiger partial charge < -0.3 is 0 Å². The molecule has 0 spiro atoms. The Bertz CT molecular complexity index is 756. The number of aryl methyl sites for hydroxylation is 1. The molecule has 0 atom stereocenters. The largest absolute Gasteiger partial charge is 0.246 e. The molecule has 0 saturated heterocycles. The van der Waals surface area contributed by atoms with E-state index >= 15 is 0 Å². The van der Waals surface area contributed by atoms with E-state index in [0.29, 0.717) is 5.15 Å². The predicted molar refractivity (Wildman–Crippen MR) is 81.8 cm³/mol. The summed E-state index contributed by atoms with van der Waals surface area (Å²) in [7, 11) is 0. The first-order chi connectivity index (χ1) is 9.76. The third-order valence-electron chi connectivity index (χ3n) is 3.08. The molecule has 1 aromatic carbocycles. The van der Waals surface area contributed by atoms with Crippen LogP contribution in [0.2, 0.25) is 5.15 Å². The minimum absolute atomic E-state index is 0.466. The Morgan fingerprint density at radius 1 is 0.950 bits per heavy atom. The predicted octanol–water partition coefficient (Wildman–Crippen LogP) is 4.30. The lowest BCUT2D eigenvalue weighted by molar-refractivity contribution is 0.836. The van der Waals surface area contributed by atoms with Gasteiger partial charge in [0.2, 0.25) is 0 Å². The average Bonchev–Trinajstić information content (AvgIpc) is 2.46. The summed E-state index contributed by atoms with van der Waals surface area (Å²) in [6, 6.07) is 13.8. The average molecular weight is 284 g/mol. The molecule has 0 aliphatic carbocycles. The lowest BCUT2D eigenvalue weighted by Crippen LogP contribution is -1.98. The third-order valence-corrected chi connectivity index (χ3v) is 3.27. The van der Waals surface area contributed by atoms with Gasteiger partial charge in [0.15, 0.2) is 0 Å². The molecule has 3 nitrogen and oxygen atoms in total. The van der Waals surface area contributed by atoms with Gasteiger partial charge in [-0.2, -0.15) is 0 Å². The molecule has 0 fully saturated rings. The van der Waals surface area contributed by atoms with E-state index in [4.69, 9.17) is 11.6 Å². The molecule has 0 N–H and O–H groups in total. The third kappa shape index (κ3) is 2.63. The van der Waals surface area contributed by atoms with Crippen LogP contribution in [0.5, 0.6) is 0 Å². The van der Waals surface area contributed by atoms with Crippen LogP contribution in [0.3, 0.4) is 0 Å². The molecule has 0 unspecified atom stereocenters. The Balaban J connectivity index is 2.10. The van der Waals surface area contributed by atoms with Crippen LogP contribution in [0, 0.1) is 0 Å². The van der Waals surface area contributed by atoms with Crippen LogP contribution < -0.4 is 0 Å². The van der Waals surface area contributed by atoms with Crippen LogP contribution >= 0.6 is 11.6 Å². The van der Waals surface area contributed by atoms with Crippen LogP contribution in [0.25, 0.3) is 22.3 Å². The van der Waals surface area contributed by atoms with Crippen molar-refractivity contribution in [3.8, 4) is 11.4 Å². The molecule has 4 heteroatoms. The van der Waals surface area contributed by atoms with Crippen molar-refractivity contribution in [3.05, 3.63) is 53.4 Å². The Kier molecular flexibility index (Phi) is 3.61. The number of fused-ring (bicyclic) bond motifs is 1. The Morgan fingerprint density at radius 2 is 1.80 bits per heavy atom. The fraction of sp³-hybridized carbons (Fsp3) is 0.188. The number of benzene rings is 1. The number of hydrogen-bond acceptors (Lipinski definition) is 3. The number of rotatable bonds is 3. The maximum atomic E-state index is 6.07. The number of para-hydroxylation sites is 1. The summed E-state index contributed by atoms with van der Waals surface area (Å²) < 4.78 is 0. The van der Waals surface area contributed by atoms with Gasteiger partial charge in [-0.1, -0.05) is 42.8 Å². The number of aromatic nitrogens is 3. The molecule has 0 bridgehead atoms. The molecule has 0 aliphatic rings. The summed E-state index contributed by atoms with van der Waals surface area (Å²) in [4.78, 5) is 13.4. The van der Waals surface area contributed by atoms with Crippen molar-refractivity contribution < 1.29 is 0 Å². The zero-order chi connectivity index (χ0) is 13.9. The van der Waals surface area contributed by atoms with Gasteiger partial charge in [0.25, 0.3) is 0 Å². The summed E-state index contributed by atoms with van der Waals surface area (Å²) in [5.41, 5.74) is 2.56. The van der Waals surface area contributed by atoms with Gasteiger partial charge in [-0.25, -0.2) is 15.0 Å². The van der Waals surface area contributed by atoms with E-state index in [1.165, 1.54) is 0 Å². The molecule has 0 amide bonds. The van der Waals surface area contributed by atoms with Crippen molar-refractivity contribution in [1.29, 1.82) is 0 Å². The van der Waals surface area contributed by atoms with Crippen molar-refractivity contribution in [1.82, 2.24) is 15.0 Å². The highest BCUT2D eigenvalue weighted by Crippen LogP contribution is 2.21. The van der Waals surface area contributed by atoms with Gasteiger partial charge in [0, 0.05) is 17.9 Å². The molecule has 0 aliphatic heterocycles. The molecule has 0 radical (unpaired) electrons. The van der Waals surface area contributed by atoms with Gasteiger partial charge in [0.05, 0.1) is 16.9 Å². The molecular weight excluding hydrogens is 270 g/mol. The summed E-state index contributed by atoms with van der Waals surface area (Å²) in [5.74, 6) is 0.768. The SMILES string of the molecule is CCCc1nc(Cl)cc(-c2ccc3ccccc3n2)n1. The first kappa shape index (κ1) is 13.0. The summed E-state index contributed by atoms with van der Waals surface area (Å²) in [6.07, 6.45) is 1.81. The van der Waals surface area contributed by atoms with Gasteiger partial charge in [-0.05, 0) is 18.6 Å². The first-order valence-electron chi connectivity index (χ1n) is 6.66. The van der Waals surface area contributed by atoms with Crippen LogP contribution in [-0.2, 0) is 6.42 Å². The molecular formula is C16H14ClN3. The maximum Gasteiger partial charge on any atom is 0.133 e. The Morgan fingerprint density at radius 3 is 2.65 bits per heavy atom. The van der Waals surface area contributed by atoms with Crippen LogP contribution in [0.15, 0.2) is 42.5 Å². The normalized spacial score (nSPS) is 10.9. The lowest BCUT2D eigenvalue weighted by Gasteiger charge is -2.05. The standard InChI is InChI=1S/C16H14ClN3/c1-2-5-16-19-14(10-15(17)20-16)13-9-8-11-6-3-4-7-12(11)18-13/h3-4,6-10H,2,5H2,1H3. The molecule has 2 aromatic heterocycles. The fourth-order valence-corrected chi connectivity index (χ4v) is 2.34. The van der Waals surface area contributed by atoms with Crippen LogP contribution in [0.1, 0.15) is 19.2 Å². The molecule has 3 rings (SSSR count). The quantitative estimate of drug-likeness (QED) is 0.673. The van der Waals surface area contributed by atoms with E-state index < -0.39 is 0 Å². The Labute approximate surface area is 122 Å². The number of pyridine rings is 1. The van der Waals surface area contributed by atoms with E-state index in [0.717, 1.165) is 41.0 Å². The van der Waals surface area contributed by atoms with Gasteiger partial charge >= 0.3 is 0 Å². The van der Waals surface area contributed by atoms with Gasteiger partial charge in [0.1, 0.15) is 11.0 Å². The van der Waals surface area contributed by atoms with Crippen LogP contribution in [-0.4, -0.2) is 15.0 Å². The highest BCUT2D eigenvalue weighted by Gasteiger charge is 2.07. The highest BCUT2D eigenvalue weighted by atomic mass is 35.5. The summed E-state index contributed by atoms with van der Waals surface area (Å²) in [6.45, 7) is 2.10. The van der Waals surface area contributed by atoms with Gasteiger partial charge in [-0.3, -0.25) is 0 Å². The second-order valence-electron chi connectivity index (χ2n) is 4.63. The highest BCUT2D eigenvalue weighted by molar-refractivity contribution is 6.29. The molecule has 0 saturated carbocycles. The number of nitrogens with zero attached hydrogens (tertiary/aromatic N) is 3. The van der Waals surface area contributed by atoms with Crippen molar-refractivity contribution in [2.45, 2.75) is 19.8 Å². The second-order valence-corrected chi connectivity index (χ2v) is 5.02. The Hall–Kier alpha value is -2.00. The van der Waals surface area contributed by atoms with Crippen molar-refractivity contribution in [3.63, 3.8) is 0 Å². The number of hydrogen-bond donors (Lipinski definition) is 0. The van der Waals surface area contributed by atoms with Gasteiger partial charge in [-0.15, -0.1) is 0 Å². The maximum absolute atomic E-state index is 6.07. The van der Waals surface area contributed by atoms with E-state index in [1.807, 2.05) is 36.4 Å². The molecule has 3 aromatic rings. The molecule has 20 heavy (non-hydrogen) atoms. The lowest BCUT2D eigenvalue weighted by atomic mass is 10.2. The second kappa shape index (κ2) is 5.55. The van der Waals surface area contributed by atoms with E-state index in [9.17, 15) is 0 Å². The number of halogens is 1. The van der Waals surface area contributed by atoms with E-state index in [-0.39, 0.29) is 0 Å². The fourth-order valence-electron chi connectivity index (χ4n) is 2.14. The van der Waals surface area contributed by atoms with Crippen molar-refractivity contribution in [2.75, 3.05) is 0 Å². The first-order valence-corrected chi connectivity index (χ1v) is 7.03. The monoisotopic (exact) mass is 283 g/mol. The van der Waals surface area contributed by atoms with E-state index in [2.05, 4.69) is 21.9 Å². The molecule has 2 heterocycles. The van der Waals surface area contributed by atoms with E-state index in [1.54, 1.807) is 6.07 Å². The topological polar surface area (TPSA) is 38.7 Å². The van der Waals surface area contributed by atoms with Crippen molar-refractivity contribution >= 4 is 22.5 Å². The summed E-state index contributed by atoms with van der Waals surface area (Å²) >= 11 is 6.07. The zero-order valence-electron chi connectivity index (χ0n) is 11.2. The smallest absolute Gasteiger partial charge is 0.133 e.